The van der Waals surface area contributed by atoms with Gasteiger partial charge >= 0.3 is 5.97 Å². The normalized spacial score (nSPS) is 20.0. The maximum absolute atomic E-state index is 12.8. The molecule has 2 aliphatic rings. The average Bonchev–Trinajstić information content (AvgIpc) is 3.18. The van der Waals surface area contributed by atoms with E-state index in [2.05, 4.69) is 15.3 Å². The van der Waals surface area contributed by atoms with E-state index in [1.165, 1.54) is 0 Å². The van der Waals surface area contributed by atoms with Gasteiger partial charge in [0.15, 0.2) is 0 Å². The third kappa shape index (κ3) is 5.30. The summed E-state index contributed by atoms with van der Waals surface area (Å²) in [4.78, 5) is 27.2. The topological polar surface area (TPSA) is 83.5 Å². The number of benzene rings is 1. The molecule has 3 rings (SSSR count). The van der Waals surface area contributed by atoms with Crippen LogP contribution in [0.15, 0.2) is 35.4 Å². The van der Waals surface area contributed by atoms with Gasteiger partial charge in [-0.1, -0.05) is 18.2 Å². The van der Waals surface area contributed by atoms with Crippen LogP contribution in [-0.2, 0) is 19.1 Å². The first-order valence-electron chi connectivity index (χ1n) is 9.85. The van der Waals surface area contributed by atoms with Gasteiger partial charge < -0.3 is 14.8 Å². The number of hydrogen-bond donors (Lipinski definition) is 1. The van der Waals surface area contributed by atoms with E-state index < -0.39 is 12.0 Å². The number of esters is 1. The molecular formula is C20H28N4O4. The molecule has 0 radical (unpaired) electrons. The van der Waals surface area contributed by atoms with Crippen LogP contribution in [0.4, 0.5) is 5.69 Å². The SMILES string of the molecule is CCOC(=O)C1=NN(c2ccccc2)C(C(=O)NCCCN2CCOCC2)C1. The minimum atomic E-state index is -0.551. The van der Waals surface area contributed by atoms with Crippen LogP contribution in [0.3, 0.4) is 0 Å². The summed E-state index contributed by atoms with van der Waals surface area (Å²) in [5.74, 6) is -0.597. The van der Waals surface area contributed by atoms with Crippen molar-refractivity contribution in [3.8, 4) is 0 Å². The molecule has 0 saturated carbocycles. The van der Waals surface area contributed by atoms with Gasteiger partial charge in [0.05, 0.1) is 25.5 Å². The highest BCUT2D eigenvalue weighted by molar-refractivity contribution is 6.38. The van der Waals surface area contributed by atoms with E-state index in [-0.39, 0.29) is 24.6 Å². The third-order valence-corrected chi connectivity index (χ3v) is 4.80. The van der Waals surface area contributed by atoms with E-state index in [0.717, 1.165) is 45.0 Å². The van der Waals surface area contributed by atoms with Gasteiger partial charge in [0.1, 0.15) is 11.8 Å². The summed E-state index contributed by atoms with van der Waals surface area (Å²) in [5.41, 5.74) is 1.05. The summed E-state index contributed by atoms with van der Waals surface area (Å²) in [5, 5.41) is 8.98. The first-order chi connectivity index (χ1) is 13.7. The molecule has 1 atom stereocenters. The molecule has 0 spiro atoms. The predicted molar refractivity (Wildman–Crippen MR) is 106 cm³/mol. The molecule has 1 amide bonds. The number of amides is 1. The van der Waals surface area contributed by atoms with E-state index in [9.17, 15) is 9.59 Å². The lowest BCUT2D eigenvalue weighted by molar-refractivity contribution is -0.135. The van der Waals surface area contributed by atoms with Crippen molar-refractivity contribution >= 4 is 23.3 Å². The number of rotatable bonds is 8. The molecule has 0 aliphatic carbocycles. The lowest BCUT2D eigenvalue weighted by Crippen LogP contribution is -2.44. The van der Waals surface area contributed by atoms with Crippen LogP contribution in [0.1, 0.15) is 19.8 Å². The number of carbonyl (C=O) groups is 2. The number of nitrogens with zero attached hydrogens (tertiary/aromatic N) is 3. The van der Waals surface area contributed by atoms with Crippen molar-refractivity contribution in [1.29, 1.82) is 0 Å². The Morgan fingerprint density at radius 2 is 2.00 bits per heavy atom. The van der Waals surface area contributed by atoms with Gasteiger partial charge in [-0.25, -0.2) is 4.79 Å². The van der Waals surface area contributed by atoms with Crippen LogP contribution in [0.25, 0.3) is 0 Å². The highest BCUT2D eigenvalue weighted by Crippen LogP contribution is 2.25. The van der Waals surface area contributed by atoms with Crippen molar-refractivity contribution in [3.63, 3.8) is 0 Å². The third-order valence-electron chi connectivity index (χ3n) is 4.80. The van der Waals surface area contributed by atoms with Crippen LogP contribution in [0.5, 0.6) is 0 Å². The number of ether oxygens (including phenoxy) is 2. The molecule has 8 heteroatoms. The van der Waals surface area contributed by atoms with Gasteiger partial charge in [0, 0.05) is 26.1 Å². The Morgan fingerprint density at radius 3 is 2.71 bits per heavy atom. The van der Waals surface area contributed by atoms with Crippen LogP contribution in [-0.4, -0.2) is 74.5 Å². The number of carbonyl (C=O) groups excluding carboxylic acids is 2. The first-order valence-corrected chi connectivity index (χ1v) is 9.85. The average molecular weight is 388 g/mol. The number of hydrazone groups is 1. The summed E-state index contributed by atoms with van der Waals surface area (Å²) in [6.07, 6.45) is 1.11. The Kier molecular flexibility index (Phi) is 7.39. The zero-order valence-corrected chi connectivity index (χ0v) is 16.3. The summed E-state index contributed by atoms with van der Waals surface area (Å²) in [7, 11) is 0. The standard InChI is InChI=1S/C20H28N4O4/c1-2-28-20(26)17-15-18(24(22-17)16-7-4-3-5-8-16)19(25)21-9-6-10-23-11-13-27-14-12-23/h3-5,7-8,18H,2,6,9-15H2,1H3,(H,21,25). The van der Waals surface area contributed by atoms with E-state index in [0.29, 0.717) is 6.54 Å². The Labute approximate surface area is 165 Å². The Morgan fingerprint density at radius 1 is 1.25 bits per heavy atom. The second kappa shape index (κ2) is 10.2. The summed E-state index contributed by atoms with van der Waals surface area (Å²) in [6, 6.07) is 8.85. The van der Waals surface area contributed by atoms with E-state index in [1.54, 1.807) is 11.9 Å². The number of morpholine rings is 1. The maximum atomic E-state index is 12.8. The van der Waals surface area contributed by atoms with Crippen molar-refractivity contribution < 1.29 is 19.1 Å². The molecule has 1 aromatic rings. The summed E-state index contributed by atoms with van der Waals surface area (Å²) in [6.45, 7) is 6.97. The minimum Gasteiger partial charge on any atom is -0.461 e. The molecular weight excluding hydrogens is 360 g/mol. The minimum absolute atomic E-state index is 0.131. The molecule has 1 aromatic carbocycles. The molecule has 0 bridgehead atoms. The van der Waals surface area contributed by atoms with Crippen molar-refractivity contribution in [2.24, 2.45) is 5.10 Å². The number of nitrogens with one attached hydrogen (secondary N) is 1. The Balaban J connectivity index is 1.56. The van der Waals surface area contributed by atoms with Crippen molar-refractivity contribution in [2.45, 2.75) is 25.8 Å². The largest absolute Gasteiger partial charge is 0.461 e. The van der Waals surface area contributed by atoms with Gasteiger partial charge in [0.25, 0.3) is 0 Å². The van der Waals surface area contributed by atoms with E-state index in [4.69, 9.17) is 9.47 Å². The molecule has 1 unspecified atom stereocenters. The fraction of sp³-hybridized carbons (Fsp3) is 0.550. The summed E-state index contributed by atoms with van der Waals surface area (Å²) >= 11 is 0. The quantitative estimate of drug-likeness (QED) is 0.529. The maximum Gasteiger partial charge on any atom is 0.354 e. The number of hydrogen-bond acceptors (Lipinski definition) is 7. The zero-order valence-electron chi connectivity index (χ0n) is 16.3. The number of anilines is 1. The van der Waals surface area contributed by atoms with E-state index in [1.807, 2.05) is 30.3 Å². The van der Waals surface area contributed by atoms with Gasteiger partial charge in [-0.3, -0.25) is 14.7 Å². The molecule has 28 heavy (non-hydrogen) atoms. The fourth-order valence-electron chi connectivity index (χ4n) is 3.33. The van der Waals surface area contributed by atoms with Gasteiger partial charge in [-0.2, -0.15) is 5.10 Å². The smallest absolute Gasteiger partial charge is 0.354 e. The fourth-order valence-corrected chi connectivity index (χ4v) is 3.33. The van der Waals surface area contributed by atoms with Crippen LogP contribution >= 0.6 is 0 Å². The molecule has 8 nitrogen and oxygen atoms in total. The zero-order chi connectivity index (χ0) is 19.8. The highest BCUT2D eigenvalue weighted by atomic mass is 16.5. The van der Waals surface area contributed by atoms with Crippen LogP contribution in [0.2, 0.25) is 0 Å². The van der Waals surface area contributed by atoms with Crippen LogP contribution < -0.4 is 10.3 Å². The molecule has 1 saturated heterocycles. The molecule has 0 aromatic heterocycles. The second-order valence-corrected chi connectivity index (χ2v) is 6.77. The molecule has 152 valence electrons. The van der Waals surface area contributed by atoms with Crippen molar-refractivity contribution in [2.75, 3.05) is 51.0 Å². The highest BCUT2D eigenvalue weighted by Gasteiger charge is 2.36. The second-order valence-electron chi connectivity index (χ2n) is 6.77. The Hall–Kier alpha value is -2.45. The van der Waals surface area contributed by atoms with Crippen LogP contribution in [0, 0.1) is 0 Å². The van der Waals surface area contributed by atoms with E-state index >= 15 is 0 Å². The molecule has 1 fully saturated rings. The van der Waals surface area contributed by atoms with Gasteiger partial charge in [-0.15, -0.1) is 0 Å². The first kappa shape index (κ1) is 20.3. The molecule has 2 aliphatic heterocycles. The van der Waals surface area contributed by atoms with Gasteiger partial charge in [-0.05, 0) is 32.0 Å². The monoisotopic (exact) mass is 388 g/mol. The predicted octanol–water partition coefficient (Wildman–Crippen LogP) is 1.02. The van der Waals surface area contributed by atoms with Gasteiger partial charge in [0.2, 0.25) is 5.91 Å². The number of para-hydroxylation sites is 1. The Bertz CT molecular complexity index is 689. The lowest BCUT2D eigenvalue weighted by atomic mass is 10.1. The molecule has 2 heterocycles. The van der Waals surface area contributed by atoms with Crippen molar-refractivity contribution in [3.05, 3.63) is 30.3 Å². The summed E-state index contributed by atoms with van der Waals surface area (Å²) < 4.78 is 10.4. The molecule has 1 N–H and O–H groups in total. The lowest BCUT2D eigenvalue weighted by Gasteiger charge is -2.26. The van der Waals surface area contributed by atoms with Crippen molar-refractivity contribution in [1.82, 2.24) is 10.2 Å².